The van der Waals surface area contributed by atoms with Crippen LogP contribution >= 0.6 is 11.6 Å². The number of hydrogen-bond donors (Lipinski definition) is 2. The number of hydrogen-bond acceptors (Lipinski definition) is 3. The molecule has 0 fully saturated rings. The highest BCUT2D eigenvalue weighted by Gasteiger charge is 2.22. The molecule has 0 amide bonds. The van der Waals surface area contributed by atoms with E-state index in [1.165, 1.54) is 0 Å². The van der Waals surface area contributed by atoms with Gasteiger partial charge < -0.3 is 15.6 Å². The van der Waals surface area contributed by atoms with Gasteiger partial charge in [-0.15, -0.1) is 0 Å². The smallest absolute Gasteiger partial charge is 0.211 e. The Hall–Kier alpha value is -1.23. The number of phenols is 1. The maximum Gasteiger partial charge on any atom is 0.211 e. The van der Waals surface area contributed by atoms with E-state index in [2.05, 4.69) is 4.74 Å². The largest absolute Gasteiger partial charge is 0.503 e. The lowest BCUT2D eigenvalue weighted by Crippen LogP contribution is -1.98. The standard InChI is InChI=1S/C7H6ClF2NO2/c1-13-7-3(9)2(8)5(11)6(12)4(7)10/h12H,11H2,1H3. The predicted molar refractivity (Wildman–Crippen MR) is 44.0 cm³/mol. The first-order valence-electron chi connectivity index (χ1n) is 3.19. The van der Waals surface area contributed by atoms with Gasteiger partial charge in [-0.25, -0.2) is 4.39 Å². The molecule has 0 aromatic heterocycles. The fourth-order valence-electron chi connectivity index (χ4n) is 0.823. The third-order valence-corrected chi connectivity index (χ3v) is 1.86. The van der Waals surface area contributed by atoms with Crippen LogP contribution in [-0.2, 0) is 0 Å². The number of rotatable bonds is 1. The summed E-state index contributed by atoms with van der Waals surface area (Å²) in [5, 5.41) is 8.43. The summed E-state index contributed by atoms with van der Waals surface area (Å²) in [5.41, 5.74) is 4.55. The van der Waals surface area contributed by atoms with Gasteiger partial charge in [-0.05, 0) is 0 Å². The summed E-state index contributed by atoms with van der Waals surface area (Å²) in [7, 11) is 1.05. The molecule has 3 N–H and O–H groups in total. The summed E-state index contributed by atoms with van der Waals surface area (Å²) in [6.07, 6.45) is 0. The van der Waals surface area contributed by atoms with E-state index >= 15 is 0 Å². The number of methoxy groups -OCH3 is 1. The lowest BCUT2D eigenvalue weighted by Gasteiger charge is -2.09. The van der Waals surface area contributed by atoms with E-state index in [-0.39, 0.29) is 0 Å². The minimum Gasteiger partial charge on any atom is -0.503 e. The number of benzene rings is 1. The van der Waals surface area contributed by atoms with Crippen molar-refractivity contribution in [3.8, 4) is 11.5 Å². The van der Waals surface area contributed by atoms with Crippen molar-refractivity contribution < 1.29 is 18.6 Å². The average molecular weight is 210 g/mol. The molecule has 0 bridgehead atoms. The Morgan fingerprint density at radius 1 is 1.38 bits per heavy atom. The third kappa shape index (κ3) is 1.35. The number of anilines is 1. The van der Waals surface area contributed by atoms with Crippen molar-refractivity contribution >= 4 is 17.3 Å². The second-order valence-corrected chi connectivity index (χ2v) is 2.62. The number of aromatic hydroxyl groups is 1. The van der Waals surface area contributed by atoms with Crippen LogP contribution in [0, 0.1) is 11.6 Å². The van der Waals surface area contributed by atoms with Crippen LogP contribution in [0.4, 0.5) is 14.5 Å². The molecule has 0 radical (unpaired) electrons. The van der Waals surface area contributed by atoms with Crippen molar-refractivity contribution in [2.75, 3.05) is 12.8 Å². The zero-order valence-corrected chi connectivity index (χ0v) is 7.32. The Morgan fingerprint density at radius 2 is 1.92 bits per heavy atom. The number of halogens is 3. The second kappa shape index (κ2) is 3.26. The first-order chi connectivity index (χ1) is 6.00. The Kier molecular flexibility index (Phi) is 2.47. The highest BCUT2D eigenvalue weighted by molar-refractivity contribution is 6.33. The topological polar surface area (TPSA) is 55.5 Å². The first-order valence-corrected chi connectivity index (χ1v) is 3.57. The SMILES string of the molecule is COc1c(F)c(O)c(N)c(Cl)c1F. The molecule has 0 aliphatic rings. The van der Waals surface area contributed by atoms with Crippen molar-refractivity contribution in [1.29, 1.82) is 0 Å². The minimum atomic E-state index is -1.26. The van der Waals surface area contributed by atoms with Crippen LogP contribution in [0.25, 0.3) is 0 Å². The first kappa shape index (κ1) is 9.85. The summed E-state index contributed by atoms with van der Waals surface area (Å²) >= 11 is 5.33. The predicted octanol–water partition coefficient (Wildman–Crippen LogP) is 1.91. The van der Waals surface area contributed by atoms with E-state index in [9.17, 15) is 8.78 Å². The van der Waals surface area contributed by atoms with Gasteiger partial charge >= 0.3 is 0 Å². The minimum absolute atomic E-state index is 0.544. The molecule has 1 aromatic carbocycles. The van der Waals surface area contributed by atoms with Gasteiger partial charge in [0.25, 0.3) is 0 Å². The molecule has 1 rings (SSSR count). The van der Waals surface area contributed by atoms with Crippen LogP contribution in [0.2, 0.25) is 5.02 Å². The Balaban J connectivity index is 3.56. The lowest BCUT2D eigenvalue weighted by molar-refractivity contribution is 0.343. The van der Waals surface area contributed by atoms with E-state index < -0.39 is 33.8 Å². The number of phenolic OH excluding ortho intramolecular Hbond substituents is 1. The quantitative estimate of drug-likeness (QED) is 0.422. The molecule has 0 unspecified atom stereocenters. The molecule has 6 heteroatoms. The van der Waals surface area contributed by atoms with E-state index in [1.54, 1.807) is 0 Å². The molecule has 0 saturated carbocycles. The maximum atomic E-state index is 13.0. The summed E-state index contributed by atoms with van der Waals surface area (Å²) in [5.74, 6) is -4.06. The van der Waals surface area contributed by atoms with E-state index in [0.717, 1.165) is 7.11 Å². The molecule has 72 valence electrons. The number of ether oxygens (including phenoxy) is 1. The van der Waals surface area contributed by atoms with Crippen LogP contribution in [-0.4, -0.2) is 12.2 Å². The van der Waals surface area contributed by atoms with Gasteiger partial charge in [0.2, 0.25) is 5.82 Å². The van der Waals surface area contributed by atoms with Gasteiger partial charge in [-0.1, -0.05) is 11.6 Å². The highest BCUT2D eigenvalue weighted by atomic mass is 35.5. The molecule has 0 aliphatic carbocycles. The summed E-state index contributed by atoms with van der Waals surface area (Å²) in [4.78, 5) is 0. The van der Waals surface area contributed by atoms with Gasteiger partial charge in [-0.2, -0.15) is 4.39 Å². The molecule has 0 saturated heterocycles. The zero-order valence-electron chi connectivity index (χ0n) is 6.57. The van der Waals surface area contributed by atoms with Crippen LogP contribution in [0.3, 0.4) is 0 Å². The van der Waals surface area contributed by atoms with E-state index in [1.807, 2.05) is 0 Å². The molecule has 3 nitrogen and oxygen atoms in total. The highest BCUT2D eigenvalue weighted by Crippen LogP contribution is 2.40. The molecular formula is C7H6ClF2NO2. The van der Waals surface area contributed by atoms with Crippen LogP contribution in [0.1, 0.15) is 0 Å². The third-order valence-electron chi connectivity index (χ3n) is 1.50. The molecule has 1 aromatic rings. The maximum absolute atomic E-state index is 13.0. The van der Waals surface area contributed by atoms with Gasteiger partial charge in [-0.3, -0.25) is 0 Å². The molecular weight excluding hydrogens is 204 g/mol. The van der Waals surface area contributed by atoms with Gasteiger partial charge in [0.05, 0.1) is 12.8 Å². The van der Waals surface area contributed by atoms with Crippen LogP contribution < -0.4 is 10.5 Å². The molecule has 0 spiro atoms. The van der Waals surface area contributed by atoms with Gasteiger partial charge in [0.15, 0.2) is 17.3 Å². The van der Waals surface area contributed by atoms with E-state index in [4.69, 9.17) is 22.4 Å². The fourth-order valence-corrected chi connectivity index (χ4v) is 0.999. The molecule has 0 atom stereocenters. The van der Waals surface area contributed by atoms with Crippen molar-refractivity contribution in [3.63, 3.8) is 0 Å². The van der Waals surface area contributed by atoms with Crippen LogP contribution in [0.15, 0.2) is 0 Å². The van der Waals surface area contributed by atoms with Crippen molar-refractivity contribution in [2.45, 2.75) is 0 Å². The normalized spacial score (nSPS) is 10.2. The summed E-state index contributed by atoms with van der Waals surface area (Å²) in [6.45, 7) is 0. The Bertz CT molecular complexity index is 328. The van der Waals surface area contributed by atoms with Crippen molar-refractivity contribution in [3.05, 3.63) is 16.7 Å². The second-order valence-electron chi connectivity index (χ2n) is 2.24. The number of nitrogen functional groups attached to an aromatic ring is 1. The Morgan fingerprint density at radius 3 is 2.38 bits per heavy atom. The molecule has 0 aliphatic heterocycles. The monoisotopic (exact) mass is 209 g/mol. The van der Waals surface area contributed by atoms with Gasteiger partial charge in [0, 0.05) is 0 Å². The lowest BCUT2D eigenvalue weighted by atomic mass is 10.2. The van der Waals surface area contributed by atoms with Crippen LogP contribution in [0.5, 0.6) is 11.5 Å². The molecule has 13 heavy (non-hydrogen) atoms. The average Bonchev–Trinajstić information content (AvgIpc) is 2.13. The van der Waals surface area contributed by atoms with E-state index in [0.29, 0.717) is 0 Å². The Labute approximate surface area is 77.7 Å². The van der Waals surface area contributed by atoms with Crippen molar-refractivity contribution in [2.24, 2.45) is 0 Å². The fraction of sp³-hybridized carbons (Fsp3) is 0.143. The number of nitrogens with two attached hydrogens (primary N) is 1. The van der Waals surface area contributed by atoms with Crippen molar-refractivity contribution in [1.82, 2.24) is 0 Å². The van der Waals surface area contributed by atoms with Gasteiger partial charge in [0.1, 0.15) is 5.02 Å². The zero-order chi connectivity index (χ0) is 10.2. The summed E-state index contributed by atoms with van der Waals surface area (Å²) < 4.78 is 30.3. The molecule has 0 heterocycles. The summed E-state index contributed by atoms with van der Waals surface area (Å²) in [6, 6.07) is 0.